The molecule has 3 heteroatoms. The molecule has 0 unspecified atom stereocenters. The first-order chi connectivity index (χ1) is 10.4. The van der Waals surface area contributed by atoms with E-state index in [1.807, 2.05) is 24.4 Å². The Morgan fingerprint density at radius 2 is 1.81 bits per heavy atom. The Labute approximate surface area is 126 Å². The van der Waals surface area contributed by atoms with E-state index in [2.05, 4.69) is 46.8 Å². The van der Waals surface area contributed by atoms with E-state index in [9.17, 15) is 0 Å². The van der Waals surface area contributed by atoms with Gasteiger partial charge in [-0.2, -0.15) is 0 Å². The lowest BCUT2D eigenvalue weighted by molar-refractivity contribution is 0.582. The molecule has 1 aromatic carbocycles. The van der Waals surface area contributed by atoms with E-state index < -0.39 is 0 Å². The summed E-state index contributed by atoms with van der Waals surface area (Å²) in [5.74, 6) is 0.895. The summed E-state index contributed by atoms with van der Waals surface area (Å²) in [7, 11) is 0. The number of hydrogen-bond donors (Lipinski definition) is 1. The zero-order valence-corrected chi connectivity index (χ0v) is 12.1. The molecular formula is C18H13NOS. The molecule has 0 aliphatic rings. The molecule has 0 radical (unpaired) electrons. The monoisotopic (exact) mass is 291 g/mol. The molecule has 0 spiro atoms. The van der Waals surface area contributed by atoms with E-state index in [0.717, 1.165) is 17.0 Å². The topological polar surface area (TPSA) is 28.9 Å². The lowest BCUT2D eigenvalue weighted by Gasteiger charge is -2.11. The van der Waals surface area contributed by atoms with E-state index in [1.54, 1.807) is 17.6 Å². The summed E-state index contributed by atoms with van der Waals surface area (Å²) in [4.78, 5) is 4.54. The largest absolute Gasteiger partial charge is 0.464 e. The van der Waals surface area contributed by atoms with E-state index in [-0.39, 0.29) is 0 Å². The molecule has 21 heavy (non-hydrogen) atoms. The van der Waals surface area contributed by atoms with Gasteiger partial charge in [-0.15, -0.1) is 11.3 Å². The van der Waals surface area contributed by atoms with E-state index in [4.69, 9.17) is 4.42 Å². The minimum atomic E-state index is 0.895. The van der Waals surface area contributed by atoms with Gasteiger partial charge in [0.25, 0.3) is 0 Å². The van der Waals surface area contributed by atoms with Crippen LogP contribution in [-0.2, 0) is 0 Å². The highest BCUT2D eigenvalue weighted by molar-refractivity contribution is 7.13. The fraction of sp³-hybridized carbons (Fsp3) is 0. The predicted molar refractivity (Wildman–Crippen MR) is 87.2 cm³/mol. The number of rotatable bonds is 3. The Kier molecular flexibility index (Phi) is 2.98. The first kappa shape index (κ1) is 12.2. The fourth-order valence-electron chi connectivity index (χ4n) is 2.60. The molecule has 102 valence electrons. The Morgan fingerprint density at radius 3 is 2.52 bits per heavy atom. The van der Waals surface area contributed by atoms with Crippen molar-refractivity contribution in [1.82, 2.24) is 4.98 Å². The van der Waals surface area contributed by atoms with Gasteiger partial charge in [0.1, 0.15) is 5.76 Å². The molecule has 1 N–H and O–H groups in total. The molecule has 0 fully saturated rings. The maximum atomic E-state index is 5.63. The molecule has 2 nitrogen and oxygen atoms in total. The van der Waals surface area contributed by atoms with Crippen LogP contribution in [0.1, 0.15) is 0 Å². The Balaban J connectivity index is 2.03. The summed E-state index contributed by atoms with van der Waals surface area (Å²) >= 11 is 1.74. The number of furan rings is 1. The Morgan fingerprint density at radius 1 is 0.857 bits per heavy atom. The van der Waals surface area contributed by atoms with Gasteiger partial charge in [0.2, 0.25) is 0 Å². The number of hydrogen-bond acceptors (Lipinski definition) is 2. The van der Waals surface area contributed by atoms with Crippen molar-refractivity contribution in [3.05, 3.63) is 72.4 Å². The van der Waals surface area contributed by atoms with Crippen molar-refractivity contribution in [1.29, 1.82) is 0 Å². The molecule has 3 heterocycles. The van der Waals surface area contributed by atoms with Gasteiger partial charge in [0.05, 0.1) is 6.26 Å². The molecule has 4 aromatic rings. The van der Waals surface area contributed by atoms with Crippen LogP contribution < -0.4 is 0 Å². The van der Waals surface area contributed by atoms with Crippen LogP contribution in [0.4, 0.5) is 0 Å². The quantitative estimate of drug-likeness (QED) is 0.517. The molecule has 4 rings (SSSR count). The van der Waals surface area contributed by atoms with E-state index >= 15 is 0 Å². The van der Waals surface area contributed by atoms with Gasteiger partial charge in [0, 0.05) is 33.5 Å². The summed E-state index contributed by atoms with van der Waals surface area (Å²) in [6.45, 7) is 0. The smallest absolute Gasteiger partial charge is 0.134 e. The molecule has 0 aliphatic carbocycles. The van der Waals surface area contributed by atoms with Crippen LogP contribution in [0.3, 0.4) is 0 Å². The lowest BCUT2D eigenvalue weighted by atomic mass is 9.96. The SMILES string of the molecule is c1c[nH]c(-c2cccc(-c3ccco3)c2-c2cccs2)c1. The molecule has 0 saturated carbocycles. The minimum absolute atomic E-state index is 0.895. The number of H-pyrrole nitrogens is 1. The van der Waals surface area contributed by atoms with Gasteiger partial charge >= 0.3 is 0 Å². The summed E-state index contributed by atoms with van der Waals surface area (Å²) in [5.41, 5.74) is 4.64. The van der Waals surface area contributed by atoms with Gasteiger partial charge in [-0.05, 0) is 35.7 Å². The van der Waals surface area contributed by atoms with Crippen molar-refractivity contribution in [3.63, 3.8) is 0 Å². The number of nitrogens with one attached hydrogen (secondary N) is 1. The van der Waals surface area contributed by atoms with Gasteiger partial charge < -0.3 is 9.40 Å². The summed E-state index contributed by atoms with van der Waals surface area (Å²) in [6, 6.07) is 18.6. The second-order valence-corrected chi connectivity index (χ2v) is 5.71. The van der Waals surface area contributed by atoms with Gasteiger partial charge in [-0.3, -0.25) is 0 Å². The molecule has 0 amide bonds. The molecule has 0 saturated heterocycles. The molecule has 0 bridgehead atoms. The zero-order valence-electron chi connectivity index (χ0n) is 11.2. The van der Waals surface area contributed by atoms with Crippen molar-refractivity contribution in [2.24, 2.45) is 0 Å². The third-order valence-corrected chi connectivity index (χ3v) is 4.39. The highest BCUT2D eigenvalue weighted by Gasteiger charge is 2.16. The maximum absolute atomic E-state index is 5.63. The first-order valence-electron chi connectivity index (χ1n) is 6.78. The number of benzene rings is 1. The van der Waals surface area contributed by atoms with Crippen molar-refractivity contribution in [3.8, 4) is 33.0 Å². The van der Waals surface area contributed by atoms with Crippen molar-refractivity contribution in [2.75, 3.05) is 0 Å². The van der Waals surface area contributed by atoms with Crippen LogP contribution in [0.5, 0.6) is 0 Å². The maximum Gasteiger partial charge on any atom is 0.134 e. The van der Waals surface area contributed by atoms with Gasteiger partial charge in [0.15, 0.2) is 0 Å². The standard InChI is InChI=1S/C18H13NOS/c1-5-13(15-7-2-10-19-15)18(17-9-4-12-21-17)14(6-1)16-8-3-11-20-16/h1-12,19H. The Hall–Kier alpha value is -2.52. The summed E-state index contributed by atoms with van der Waals surface area (Å²) in [6.07, 6.45) is 3.67. The number of aromatic nitrogens is 1. The second kappa shape index (κ2) is 5.11. The third kappa shape index (κ3) is 2.12. The van der Waals surface area contributed by atoms with Crippen LogP contribution in [0.2, 0.25) is 0 Å². The normalized spacial score (nSPS) is 10.9. The molecular weight excluding hydrogens is 278 g/mol. The first-order valence-corrected chi connectivity index (χ1v) is 7.66. The fourth-order valence-corrected chi connectivity index (χ4v) is 3.40. The van der Waals surface area contributed by atoms with Crippen molar-refractivity contribution in [2.45, 2.75) is 0 Å². The van der Waals surface area contributed by atoms with Crippen LogP contribution in [0.15, 0.2) is 76.9 Å². The van der Waals surface area contributed by atoms with Crippen molar-refractivity contribution < 1.29 is 4.42 Å². The minimum Gasteiger partial charge on any atom is -0.464 e. The Bertz CT molecular complexity index is 775. The van der Waals surface area contributed by atoms with Crippen LogP contribution in [0.25, 0.3) is 33.0 Å². The van der Waals surface area contributed by atoms with Crippen molar-refractivity contribution >= 4 is 11.3 Å². The predicted octanol–water partition coefficient (Wildman–Crippen LogP) is 5.67. The van der Waals surface area contributed by atoms with E-state index in [0.29, 0.717) is 0 Å². The van der Waals surface area contributed by atoms with Crippen LogP contribution >= 0.6 is 11.3 Å². The average Bonchev–Trinajstić information content (AvgIpc) is 3.28. The highest BCUT2D eigenvalue weighted by Crippen LogP contribution is 2.41. The molecule has 0 aliphatic heterocycles. The summed E-state index contributed by atoms with van der Waals surface area (Å²) < 4.78 is 5.63. The number of aromatic amines is 1. The third-order valence-electron chi connectivity index (χ3n) is 3.51. The number of thiophene rings is 1. The molecule has 0 atom stereocenters. The van der Waals surface area contributed by atoms with Gasteiger partial charge in [-0.25, -0.2) is 0 Å². The zero-order chi connectivity index (χ0) is 14.1. The highest BCUT2D eigenvalue weighted by atomic mass is 32.1. The second-order valence-electron chi connectivity index (χ2n) is 4.77. The van der Waals surface area contributed by atoms with Gasteiger partial charge in [-0.1, -0.05) is 24.3 Å². The molecule has 3 aromatic heterocycles. The lowest BCUT2D eigenvalue weighted by Crippen LogP contribution is -1.87. The summed E-state index contributed by atoms with van der Waals surface area (Å²) in [5, 5.41) is 2.10. The van der Waals surface area contributed by atoms with Crippen LogP contribution in [0, 0.1) is 0 Å². The van der Waals surface area contributed by atoms with E-state index in [1.165, 1.54) is 16.0 Å². The van der Waals surface area contributed by atoms with Crippen LogP contribution in [-0.4, -0.2) is 4.98 Å². The average molecular weight is 291 g/mol.